The molecule has 2 rings (SSSR count). The number of hydrogen-bond acceptors (Lipinski definition) is 4. The van der Waals surface area contributed by atoms with Crippen LogP contribution >= 0.6 is 0 Å². The van der Waals surface area contributed by atoms with Crippen LogP contribution in [0, 0.1) is 5.92 Å². The van der Waals surface area contributed by atoms with Crippen molar-refractivity contribution in [3.8, 4) is 11.5 Å². The highest BCUT2D eigenvalue weighted by atomic mass is 16.5. The van der Waals surface area contributed by atoms with E-state index in [9.17, 15) is 9.90 Å². The van der Waals surface area contributed by atoms with Crippen molar-refractivity contribution in [3.63, 3.8) is 0 Å². The standard InChI is InChI=1S/C15H21NO4/c1-11-7-8-16(14(11)15(17)18)9-10-20-13-6-4-3-5-12(13)19-2/h3-6,11,14H,7-10H2,1-2H3,(H,17,18). The predicted molar refractivity (Wildman–Crippen MR) is 75.3 cm³/mol. The highest BCUT2D eigenvalue weighted by molar-refractivity contribution is 5.74. The summed E-state index contributed by atoms with van der Waals surface area (Å²) in [6, 6.07) is 7.06. The molecule has 0 aromatic heterocycles. The second-order valence-electron chi connectivity index (χ2n) is 5.08. The molecule has 1 heterocycles. The minimum atomic E-state index is -0.743. The van der Waals surface area contributed by atoms with Crippen molar-refractivity contribution in [2.24, 2.45) is 5.92 Å². The number of aliphatic carboxylic acids is 1. The van der Waals surface area contributed by atoms with Gasteiger partial charge in [0, 0.05) is 6.54 Å². The van der Waals surface area contributed by atoms with Crippen LogP contribution in [0.3, 0.4) is 0 Å². The van der Waals surface area contributed by atoms with E-state index in [0.29, 0.717) is 24.7 Å². The zero-order valence-corrected chi connectivity index (χ0v) is 11.9. The molecule has 2 atom stereocenters. The first-order valence-electron chi connectivity index (χ1n) is 6.86. The van der Waals surface area contributed by atoms with Crippen molar-refractivity contribution >= 4 is 5.97 Å². The molecule has 1 aromatic rings. The minimum Gasteiger partial charge on any atom is -0.493 e. The van der Waals surface area contributed by atoms with Gasteiger partial charge in [0.25, 0.3) is 0 Å². The Bertz CT molecular complexity index is 463. The van der Waals surface area contributed by atoms with Crippen LogP contribution in [0.5, 0.6) is 11.5 Å². The Balaban J connectivity index is 1.88. The number of nitrogens with zero attached hydrogens (tertiary/aromatic N) is 1. The molecule has 0 radical (unpaired) electrons. The minimum absolute atomic E-state index is 0.193. The lowest BCUT2D eigenvalue weighted by Crippen LogP contribution is -2.41. The number of benzene rings is 1. The SMILES string of the molecule is COc1ccccc1OCCN1CCC(C)C1C(=O)O. The lowest BCUT2D eigenvalue weighted by atomic mass is 10.0. The number of likely N-dealkylation sites (tertiary alicyclic amines) is 1. The van der Waals surface area contributed by atoms with Crippen molar-refractivity contribution in [2.45, 2.75) is 19.4 Å². The average Bonchev–Trinajstić information content (AvgIpc) is 2.80. The van der Waals surface area contributed by atoms with Gasteiger partial charge in [0.05, 0.1) is 7.11 Å². The number of rotatable bonds is 6. The Hall–Kier alpha value is -1.75. The summed E-state index contributed by atoms with van der Waals surface area (Å²) in [7, 11) is 1.60. The van der Waals surface area contributed by atoms with E-state index in [1.807, 2.05) is 36.1 Å². The van der Waals surface area contributed by atoms with Gasteiger partial charge in [-0.1, -0.05) is 19.1 Å². The van der Waals surface area contributed by atoms with Gasteiger partial charge in [-0.3, -0.25) is 9.69 Å². The second kappa shape index (κ2) is 6.61. The summed E-state index contributed by atoms with van der Waals surface area (Å²) in [6.45, 7) is 3.86. The molecule has 0 bridgehead atoms. The molecule has 1 fully saturated rings. The van der Waals surface area contributed by atoms with Gasteiger partial charge in [0.2, 0.25) is 0 Å². The maximum atomic E-state index is 11.3. The molecule has 5 heteroatoms. The molecule has 2 unspecified atom stereocenters. The van der Waals surface area contributed by atoms with Crippen molar-refractivity contribution in [3.05, 3.63) is 24.3 Å². The van der Waals surface area contributed by atoms with E-state index < -0.39 is 12.0 Å². The lowest BCUT2D eigenvalue weighted by Gasteiger charge is -2.23. The summed E-state index contributed by atoms with van der Waals surface area (Å²) in [5.74, 6) is 0.831. The van der Waals surface area contributed by atoms with Gasteiger partial charge in [-0.25, -0.2) is 0 Å². The monoisotopic (exact) mass is 279 g/mol. The fraction of sp³-hybridized carbons (Fsp3) is 0.533. The number of carbonyl (C=O) groups is 1. The molecular formula is C15H21NO4. The topological polar surface area (TPSA) is 59.0 Å². The maximum absolute atomic E-state index is 11.3. The van der Waals surface area contributed by atoms with Crippen LogP contribution in [-0.2, 0) is 4.79 Å². The molecule has 5 nitrogen and oxygen atoms in total. The van der Waals surface area contributed by atoms with E-state index in [1.165, 1.54) is 0 Å². The summed E-state index contributed by atoms with van der Waals surface area (Å²) >= 11 is 0. The molecule has 1 aliphatic heterocycles. The number of ether oxygens (including phenoxy) is 2. The Kier molecular flexibility index (Phi) is 4.84. The third-order valence-corrected chi connectivity index (χ3v) is 3.76. The smallest absolute Gasteiger partial charge is 0.321 e. The van der Waals surface area contributed by atoms with E-state index in [0.717, 1.165) is 13.0 Å². The zero-order valence-electron chi connectivity index (χ0n) is 11.9. The summed E-state index contributed by atoms with van der Waals surface area (Å²) in [5.41, 5.74) is 0. The first-order valence-corrected chi connectivity index (χ1v) is 6.86. The summed E-state index contributed by atoms with van der Waals surface area (Å²) < 4.78 is 10.9. The van der Waals surface area contributed by atoms with Crippen LogP contribution < -0.4 is 9.47 Å². The Morgan fingerprint density at radius 2 is 2.10 bits per heavy atom. The van der Waals surface area contributed by atoms with Crippen molar-refractivity contribution in [2.75, 3.05) is 26.8 Å². The highest BCUT2D eigenvalue weighted by Crippen LogP contribution is 2.27. The van der Waals surface area contributed by atoms with Gasteiger partial charge >= 0.3 is 5.97 Å². The van der Waals surface area contributed by atoms with Crippen LogP contribution in [0.25, 0.3) is 0 Å². The molecule has 0 aliphatic carbocycles. The molecule has 1 aliphatic rings. The maximum Gasteiger partial charge on any atom is 0.321 e. The first-order chi connectivity index (χ1) is 9.63. The first kappa shape index (κ1) is 14.7. The third kappa shape index (κ3) is 3.22. The van der Waals surface area contributed by atoms with Crippen LogP contribution in [0.4, 0.5) is 0 Å². The van der Waals surface area contributed by atoms with Crippen LogP contribution in [0.15, 0.2) is 24.3 Å². The second-order valence-corrected chi connectivity index (χ2v) is 5.08. The molecule has 1 N–H and O–H groups in total. The number of methoxy groups -OCH3 is 1. The van der Waals surface area contributed by atoms with E-state index >= 15 is 0 Å². The van der Waals surface area contributed by atoms with Crippen molar-refractivity contribution < 1.29 is 19.4 Å². The molecule has 0 spiro atoms. The number of para-hydroxylation sites is 2. The van der Waals surface area contributed by atoms with Gasteiger partial charge in [-0.2, -0.15) is 0 Å². The predicted octanol–water partition coefficient (Wildman–Crippen LogP) is 1.87. The van der Waals surface area contributed by atoms with E-state index in [4.69, 9.17) is 9.47 Å². The van der Waals surface area contributed by atoms with E-state index in [-0.39, 0.29) is 5.92 Å². The summed E-state index contributed by atoms with van der Waals surface area (Å²) in [5, 5.41) is 9.25. The molecular weight excluding hydrogens is 258 g/mol. The largest absolute Gasteiger partial charge is 0.493 e. The molecule has 1 aromatic carbocycles. The lowest BCUT2D eigenvalue weighted by molar-refractivity contribution is -0.143. The zero-order chi connectivity index (χ0) is 14.5. The summed E-state index contributed by atoms with van der Waals surface area (Å²) in [6.07, 6.45) is 0.922. The number of carboxylic acid groups (broad SMARTS) is 1. The Labute approximate surface area is 119 Å². The fourth-order valence-electron chi connectivity index (χ4n) is 2.69. The van der Waals surface area contributed by atoms with Crippen LogP contribution in [0.2, 0.25) is 0 Å². The third-order valence-electron chi connectivity index (χ3n) is 3.76. The molecule has 0 amide bonds. The highest BCUT2D eigenvalue weighted by Gasteiger charge is 2.36. The van der Waals surface area contributed by atoms with E-state index in [1.54, 1.807) is 7.11 Å². The molecule has 1 saturated heterocycles. The molecule has 20 heavy (non-hydrogen) atoms. The van der Waals surface area contributed by atoms with Gasteiger partial charge < -0.3 is 14.6 Å². The molecule has 110 valence electrons. The number of carboxylic acids is 1. The fourth-order valence-corrected chi connectivity index (χ4v) is 2.69. The van der Waals surface area contributed by atoms with Gasteiger partial charge in [0.1, 0.15) is 12.6 Å². The average molecular weight is 279 g/mol. The molecule has 0 saturated carbocycles. The quantitative estimate of drug-likeness (QED) is 0.861. The normalized spacial score (nSPS) is 22.7. The van der Waals surface area contributed by atoms with Crippen LogP contribution in [0.1, 0.15) is 13.3 Å². The van der Waals surface area contributed by atoms with Crippen molar-refractivity contribution in [1.82, 2.24) is 4.90 Å². The van der Waals surface area contributed by atoms with Crippen LogP contribution in [-0.4, -0.2) is 48.8 Å². The number of hydrogen-bond donors (Lipinski definition) is 1. The van der Waals surface area contributed by atoms with Gasteiger partial charge in [0.15, 0.2) is 11.5 Å². The van der Waals surface area contributed by atoms with E-state index in [2.05, 4.69) is 0 Å². The van der Waals surface area contributed by atoms with Gasteiger partial charge in [-0.15, -0.1) is 0 Å². The Morgan fingerprint density at radius 1 is 1.40 bits per heavy atom. The van der Waals surface area contributed by atoms with Gasteiger partial charge in [-0.05, 0) is 31.0 Å². The van der Waals surface area contributed by atoms with Crippen molar-refractivity contribution in [1.29, 1.82) is 0 Å². The summed E-state index contributed by atoms with van der Waals surface area (Å²) in [4.78, 5) is 13.2. The Morgan fingerprint density at radius 3 is 2.75 bits per heavy atom.